The van der Waals surface area contributed by atoms with Gasteiger partial charge in [0, 0.05) is 6.07 Å². The van der Waals surface area contributed by atoms with Crippen molar-refractivity contribution in [1.29, 1.82) is 0 Å². The molecule has 0 aliphatic heterocycles. The van der Waals surface area contributed by atoms with Gasteiger partial charge < -0.3 is 4.74 Å². The van der Waals surface area contributed by atoms with Crippen LogP contribution in [0, 0.1) is 39.2 Å². The third-order valence-electron chi connectivity index (χ3n) is 2.87. The van der Waals surface area contributed by atoms with Crippen LogP contribution in [0.2, 0.25) is 0 Å². The smallest absolute Gasteiger partial charge is 0.311 e. The Bertz CT molecular complexity index is 750. The summed E-state index contributed by atoms with van der Waals surface area (Å²) in [6, 6.07) is 2.60. The van der Waals surface area contributed by atoms with Gasteiger partial charge >= 0.3 is 5.69 Å². The van der Waals surface area contributed by atoms with Crippen LogP contribution < -0.4 is 4.74 Å². The molecular formula is C13H6F5NO3. The quantitative estimate of drug-likeness (QED) is 0.283. The number of methoxy groups -OCH3 is 1. The zero-order valence-corrected chi connectivity index (χ0v) is 10.8. The molecule has 116 valence electrons. The summed E-state index contributed by atoms with van der Waals surface area (Å²) in [4.78, 5) is 9.94. The second-order valence-corrected chi connectivity index (χ2v) is 4.09. The van der Waals surface area contributed by atoms with Crippen molar-refractivity contribution >= 4 is 5.69 Å². The van der Waals surface area contributed by atoms with Crippen molar-refractivity contribution in [2.24, 2.45) is 0 Å². The molecule has 2 aromatic carbocycles. The van der Waals surface area contributed by atoms with Crippen LogP contribution in [0.5, 0.6) is 5.75 Å². The van der Waals surface area contributed by atoms with E-state index >= 15 is 0 Å². The van der Waals surface area contributed by atoms with Crippen LogP contribution in [-0.2, 0) is 0 Å². The monoisotopic (exact) mass is 319 g/mol. The Hall–Kier alpha value is -2.71. The van der Waals surface area contributed by atoms with Crippen molar-refractivity contribution in [3.05, 3.63) is 57.4 Å². The van der Waals surface area contributed by atoms with Crippen LogP contribution in [-0.4, -0.2) is 12.0 Å². The Morgan fingerprint density at radius 2 is 1.45 bits per heavy atom. The molecular weight excluding hydrogens is 313 g/mol. The largest absolute Gasteiger partial charge is 0.490 e. The lowest BCUT2D eigenvalue weighted by atomic mass is 10.0. The number of hydrogen-bond donors (Lipinski definition) is 0. The molecule has 2 aromatic rings. The first-order chi connectivity index (χ1) is 10.3. The van der Waals surface area contributed by atoms with Crippen LogP contribution in [0.4, 0.5) is 27.6 Å². The van der Waals surface area contributed by atoms with Gasteiger partial charge in [0.1, 0.15) is 0 Å². The minimum Gasteiger partial charge on any atom is -0.490 e. The fourth-order valence-corrected chi connectivity index (χ4v) is 1.85. The fraction of sp³-hybridized carbons (Fsp3) is 0.0769. The highest BCUT2D eigenvalue weighted by atomic mass is 19.2. The molecule has 4 nitrogen and oxygen atoms in total. The second kappa shape index (κ2) is 5.58. The normalized spacial score (nSPS) is 10.6. The highest BCUT2D eigenvalue weighted by molar-refractivity contribution is 5.70. The lowest BCUT2D eigenvalue weighted by molar-refractivity contribution is -0.385. The van der Waals surface area contributed by atoms with E-state index < -0.39 is 50.8 Å². The maximum atomic E-state index is 13.7. The number of ether oxygens (including phenoxy) is 1. The summed E-state index contributed by atoms with van der Waals surface area (Å²) >= 11 is 0. The van der Waals surface area contributed by atoms with E-state index in [0.717, 1.165) is 19.2 Å². The zero-order chi connectivity index (χ0) is 16.6. The Morgan fingerprint density at radius 3 is 1.91 bits per heavy atom. The summed E-state index contributed by atoms with van der Waals surface area (Å²) in [5.74, 6) is -10.9. The second-order valence-electron chi connectivity index (χ2n) is 4.09. The van der Waals surface area contributed by atoms with Crippen LogP contribution in [0.25, 0.3) is 11.1 Å². The number of halogens is 5. The molecule has 0 aliphatic carbocycles. The summed E-state index contributed by atoms with van der Waals surface area (Å²) in [5.41, 5.74) is -2.47. The van der Waals surface area contributed by atoms with Gasteiger partial charge in [-0.3, -0.25) is 10.1 Å². The molecule has 0 aliphatic rings. The molecule has 0 fully saturated rings. The average molecular weight is 319 g/mol. The summed E-state index contributed by atoms with van der Waals surface area (Å²) < 4.78 is 71.4. The van der Waals surface area contributed by atoms with E-state index in [4.69, 9.17) is 0 Å². The highest BCUT2D eigenvalue weighted by Gasteiger charge is 2.28. The Kier molecular flexibility index (Phi) is 3.98. The molecule has 9 heteroatoms. The van der Waals surface area contributed by atoms with Gasteiger partial charge in [-0.25, -0.2) is 22.0 Å². The predicted molar refractivity (Wildman–Crippen MR) is 64.9 cm³/mol. The van der Waals surface area contributed by atoms with Crippen molar-refractivity contribution in [2.45, 2.75) is 0 Å². The van der Waals surface area contributed by atoms with Gasteiger partial charge in [-0.15, -0.1) is 0 Å². The van der Waals surface area contributed by atoms with Crippen molar-refractivity contribution in [2.75, 3.05) is 7.11 Å². The van der Waals surface area contributed by atoms with Gasteiger partial charge in [0.2, 0.25) is 5.82 Å². The number of rotatable bonds is 3. The van der Waals surface area contributed by atoms with E-state index in [-0.39, 0.29) is 5.75 Å². The fourth-order valence-electron chi connectivity index (χ4n) is 1.85. The van der Waals surface area contributed by atoms with E-state index in [1.165, 1.54) is 0 Å². The van der Waals surface area contributed by atoms with Crippen molar-refractivity contribution in [3.8, 4) is 16.9 Å². The molecule has 0 spiro atoms. The van der Waals surface area contributed by atoms with E-state index in [1.807, 2.05) is 0 Å². The minimum atomic E-state index is -2.30. The van der Waals surface area contributed by atoms with Crippen molar-refractivity contribution < 1.29 is 31.6 Å². The average Bonchev–Trinajstić information content (AvgIpc) is 2.51. The molecule has 0 unspecified atom stereocenters. The van der Waals surface area contributed by atoms with Gasteiger partial charge in [-0.1, -0.05) is 0 Å². The van der Waals surface area contributed by atoms with E-state index in [9.17, 15) is 32.1 Å². The maximum absolute atomic E-state index is 13.7. The Balaban J connectivity index is 2.78. The molecule has 0 heterocycles. The summed E-state index contributed by atoms with van der Waals surface area (Å²) in [7, 11) is 1.13. The Labute approximate surface area is 119 Å². The molecule has 0 radical (unpaired) electrons. The van der Waals surface area contributed by atoms with Crippen LogP contribution >= 0.6 is 0 Å². The van der Waals surface area contributed by atoms with Gasteiger partial charge in [-0.05, 0) is 17.7 Å². The number of nitro groups is 1. The van der Waals surface area contributed by atoms with Gasteiger partial charge in [-0.2, -0.15) is 0 Å². The van der Waals surface area contributed by atoms with Gasteiger partial charge in [0.05, 0.1) is 17.6 Å². The molecule has 22 heavy (non-hydrogen) atoms. The van der Waals surface area contributed by atoms with E-state index in [0.29, 0.717) is 6.07 Å². The number of hydrogen-bond acceptors (Lipinski definition) is 3. The number of nitrogens with zero attached hydrogens (tertiary/aromatic N) is 1. The van der Waals surface area contributed by atoms with E-state index in [2.05, 4.69) is 4.74 Å². The maximum Gasteiger partial charge on any atom is 0.311 e. The molecule has 2 rings (SSSR count). The third-order valence-corrected chi connectivity index (χ3v) is 2.87. The van der Waals surface area contributed by atoms with Crippen LogP contribution in [0.15, 0.2) is 18.2 Å². The first-order valence-electron chi connectivity index (χ1n) is 5.63. The number of nitro benzene ring substituents is 1. The van der Waals surface area contributed by atoms with Crippen molar-refractivity contribution in [1.82, 2.24) is 0 Å². The summed E-state index contributed by atoms with van der Waals surface area (Å²) in [6.07, 6.45) is 0. The van der Waals surface area contributed by atoms with Gasteiger partial charge in [0.25, 0.3) is 0 Å². The summed E-state index contributed by atoms with van der Waals surface area (Å²) in [5, 5.41) is 10.9. The van der Waals surface area contributed by atoms with Gasteiger partial charge in [0.15, 0.2) is 29.0 Å². The molecule has 0 N–H and O–H groups in total. The molecule has 0 aromatic heterocycles. The van der Waals surface area contributed by atoms with Crippen LogP contribution in [0.3, 0.4) is 0 Å². The molecule has 0 saturated carbocycles. The molecule has 0 amide bonds. The Morgan fingerprint density at radius 1 is 0.955 bits per heavy atom. The lowest BCUT2D eigenvalue weighted by Gasteiger charge is -2.09. The predicted octanol–water partition coefficient (Wildman–Crippen LogP) is 3.97. The first kappa shape index (κ1) is 15.7. The highest BCUT2D eigenvalue weighted by Crippen LogP contribution is 2.36. The lowest BCUT2D eigenvalue weighted by Crippen LogP contribution is -2.04. The van der Waals surface area contributed by atoms with Crippen molar-refractivity contribution in [3.63, 3.8) is 0 Å². The molecule has 0 saturated heterocycles. The summed E-state index contributed by atoms with van der Waals surface area (Å²) in [6.45, 7) is 0. The van der Waals surface area contributed by atoms with Crippen LogP contribution in [0.1, 0.15) is 0 Å². The standard InChI is InChI=1S/C13H6F5NO3/c1-22-7-3-2-5(4-6(7)19(20)21)8-9(14)11(16)13(18)12(17)10(8)15/h2-4H,1H3. The third kappa shape index (κ3) is 2.34. The topological polar surface area (TPSA) is 52.4 Å². The van der Waals surface area contributed by atoms with E-state index in [1.54, 1.807) is 0 Å². The first-order valence-corrected chi connectivity index (χ1v) is 5.63. The number of benzene rings is 2. The molecule has 0 bridgehead atoms. The molecule has 0 atom stereocenters. The SMILES string of the molecule is COc1ccc(-c2c(F)c(F)c(F)c(F)c2F)cc1[N+](=O)[O-]. The minimum absolute atomic E-state index is 0.224. The zero-order valence-electron chi connectivity index (χ0n) is 10.8.